The molecule has 0 saturated carbocycles. The van der Waals surface area contributed by atoms with E-state index in [9.17, 15) is 9.59 Å². The molecular formula is C26H31N3O3S. The predicted molar refractivity (Wildman–Crippen MR) is 133 cm³/mol. The van der Waals surface area contributed by atoms with Gasteiger partial charge in [0, 0.05) is 31.7 Å². The van der Waals surface area contributed by atoms with Crippen molar-refractivity contribution in [2.75, 3.05) is 38.6 Å². The Morgan fingerprint density at radius 3 is 2.58 bits per heavy atom. The molecule has 1 aliphatic rings. The third-order valence-corrected chi connectivity index (χ3v) is 6.91. The van der Waals surface area contributed by atoms with Gasteiger partial charge < -0.3 is 4.74 Å². The van der Waals surface area contributed by atoms with Crippen LogP contribution in [0.3, 0.4) is 0 Å². The topological polar surface area (TPSA) is 64.4 Å². The molecule has 0 radical (unpaired) electrons. The highest BCUT2D eigenvalue weighted by atomic mass is 32.2. The van der Waals surface area contributed by atoms with E-state index in [0.717, 1.165) is 52.1 Å². The number of rotatable bonds is 10. The van der Waals surface area contributed by atoms with Crippen molar-refractivity contribution in [2.45, 2.75) is 37.9 Å². The number of ether oxygens (including phenoxy) is 1. The van der Waals surface area contributed by atoms with Gasteiger partial charge in [0.2, 0.25) is 0 Å². The zero-order valence-corrected chi connectivity index (χ0v) is 20.0. The highest BCUT2D eigenvalue weighted by Gasteiger charge is 2.15. The molecule has 1 aromatic heterocycles. The molecule has 33 heavy (non-hydrogen) atoms. The summed E-state index contributed by atoms with van der Waals surface area (Å²) in [5.74, 6) is 0.298. The molecule has 1 aliphatic heterocycles. The first-order valence-electron chi connectivity index (χ1n) is 11.7. The number of aryl methyl sites for hydroxylation is 1. The Morgan fingerprint density at radius 2 is 1.82 bits per heavy atom. The van der Waals surface area contributed by atoms with Gasteiger partial charge in [-0.05, 0) is 30.5 Å². The summed E-state index contributed by atoms with van der Waals surface area (Å²) in [7, 11) is 0. The van der Waals surface area contributed by atoms with Crippen molar-refractivity contribution in [2.24, 2.45) is 0 Å². The second-order valence-electron chi connectivity index (χ2n) is 8.33. The van der Waals surface area contributed by atoms with E-state index in [1.807, 2.05) is 48.5 Å². The van der Waals surface area contributed by atoms with Crippen LogP contribution in [0.25, 0.3) is 10.9 Å². The van der Waals surface area contributed by atoms with Crippen LogP contribution in [-0.4, -0.2) is 58.8 Å². The third-order valence-electron chi connectivity index (χ3n) is 5.93. The Kier molecular flexibility index (Phi) is 8.31. The monoisotopic (exact) mass is 465 g/mol. The van der Waals surface area contributed by atoms with Crippen LogP contribution in [0.1, 0.15) is 35.7 Å². The minimum Gasteiger partial charge on any atom is -0.379 e. The van der Waals surface area contributed by atoms with Crippen LogP contribution >= 0.6 is 11.8 Å². The number of para-hydroxylation sites is 1. The van der Waals surface area contributed by atoms with Gasteiger partial charge in [0.25, 0.3) is 5.56 Å². The maximum absolute atomic E-state index is 13.2. The molecule has 0 bridgehead atoms. The summed E-state index contributed by atoms with van der Waals surface area (Å²) in [6.07, 6.45) is 2.95. The van der Waals surface area contributed by atoms with E-state index < -0.39 is 0 Å². The highest BCUT2D eigenvalue weighted by molar-refractivity contribution is 7.99. The summed E-state index contributed by atoms with van der Waals surface area (Å²) in [6.45, 7) is 7.02. The standard InChI is InChI=1S/C26H31N3O3S/c1-2-6-20-9-11-21(12-10-20)24(30)19-33-26-27-23-8-4-3-7-22(23)25(31)29(26)14-5-13-28-15-17-32-18-16-28/h3-4,7-12H,2,5-6,13-19H2,1H3. The lowest BCUT2D eigenvalue weighted by Gasteiger charge is -2.26. The molecule has 0 amide bonds. The Bertz CT molecular complexity index is 1140. The molecule has 3 aromatic rings. The highest BCUT2D eigenvalue weighted by Crippen LogP contribution is 2.20. The average molecular weight is 466 g/mol. The number of hydrogen-bond donors (Lipinski definition) is 0. The van der Waals surface area contributed by atoms with Crippen molar-refractivity contribution in [1.29, 1.82) is 0 Å². The molecule has 0 N–H and O–H groups in total. The molecule has 2 aromatic carbocycles. The van der Waals surface area contributed by atoms with Crippen LogP contribution in [0.15, 0.2) is 58.5 Å². The number of fused-ring (bicyclic) bond motifs is 1. The van der Waals surface area contributed by atoms with E-state index in [1.165, 1.54) is 17.3 Å². The molecule has 0 aliphatic carbocycles. The fourth-order valence-electron chi connectivity index (χ4n) is 4.09. The normalized spacial score (nSPS) is 14.6. The average Bonchev–Trinajstić information content (AvgIpc) is 2.85. The SMILES string of the molecule is CCCc1ccc(C(=O)CSc2nc3ccccc3c(=O)n2CCCN2CCOCC2)cc1. The van der Waals surface area contributed by atoms with E-state index in [2.05, 4.69) is 11.8 Å². The third kappa shape index (κ3) is 6.10. The quantitative estimate of drug-likeness (QED) is 0.256. The van der Waals surface area contributed by atoms with E-state index in [1.54, 1.807) is 4.57 Å². The number of hydrogen-bond acceptors (Lipinski definition) is 6. The summed E-state index contributed by atoms with van der Waals surface area (Å²) < 4.78 is 7.16. The molecule has 174 valence electrons. The first kappa shape index (κ1) is 23.7. The summed E-state index contributed by atoms with van der Waals surface area (Å²) >= 11 is 1.35. The maximum Gasteiger partial charge on any atom is 0.262 e. The minimum absolute atomic E-state index is 0.0403. The lowest BCUT2D eigenvalue weighted by molar-refractivity contribution is 0.0368. The molecule has 1 saturated heterocycles. The molecule has 1 fully saturated rings. The van der Waals surface area contributed by atoms with E-state index >= 15 is 0 Å². The zero-order valence-electron chi connectivity index (χ0n) is 19.2. The van der Waals surface area contributed by atoms with Crippen LogP contribution in [0.2, 0.25) is 0 Å². The lowest BCUT2D eigenvalue weighted by Crippen LogP contribution is -2.37. The van der Waals surface area contributed by atoms with Gasteiger partial charge in [0.05, 0.1) is 29.9 Å². The fourth-order valence-corrected chi connectivity index (χ4v) is 5.01. The van der Waals surface area contributed by atoms with Gasteiger partial charge in [-0.3, -0.25) is 19.1 Å². The largest absolute Gasteiger partial charge is 0.379 e. The minimum atomic E-state index is -0.0403. The smallest absolute Gasteiger partial charge is 0.262 e. The second kappa shape index (κ2) is 11.6. The number of nitrogens with zero attached hydrogens (tertiary/aromatic N) is 3. The van der Waals surface area contributed by atoms with E-state index in [4.69, 9.17) is 9.72 Å². The Labute approximate surface area is 199 Å². The van der Waals surface area contributed by atoms with Crippen molar-refractivity contribution in [1.82, 2.24) is 14.5 Å². The number of carbonyl (C=O) groups excluding carboxylic acids is 1. The number of ketones is 1. The molecule has 0 spiro atoms. The van der Waals surface area contributed by atoms with Crippen molar-refractivity contribution < 1.29 is 9.53 Å². The summed E-state index contributed by atoms with van der Waals surface area (Å²) in [5.41, 5.74) is 2.57. The number of thioether (sulfide) groups is 1. The van der Waals surface area contributed by atoms with Crippen molar-refractivity contribution >= 4 is 28.4 Å². The van der Waals surface area contributed by atoms with E-state index in [0.29, 0.717) is 28.2 Å². The molecule has 6 nitrogen and oxygen atoms in total. The number of carbonyl (C=O) groups is 1. The number of Topliss-reactive ketones (excluding diaryl/α,β-unsaturated/α-hetero) is 1. The van der Waals surface area contributed by atoms with Crippen molar-refractivity contribution in [3.63, 3.8) is 0 Å². The number of morpholine rings is 1. The van der Waals surface area contributed by atoms with Crippen LogP contribution in [0, 0.1) is 0 Å². The lowest BCUT2D eigenvalue weighted by atomic mass is 10.1. The Hall–Kier alpha value is -2.48. The van der Waals surface area contributed by atoms with Gasteiger partial charge in [-0.1, -0.05) is 61.5 Å². The number of benzene rings is 2. The Morgan fingerprint density at radius 1 is 1.06 bits per heavy atom. The first-order valence-corrected chi connectivity index (χ1v) is 12.7. The fraction of sp³-hybridized carbons (Fsp3) is 0.423. The van der Waals surface area contributed by atoms with Gasteiger partial charge in [-0.15, -0.1) is 0 Å². The van der Waals surface area contributed by atoms with Crippen LogP contribution < -0.4 is 5.56 Å². The van der Waals surface area contributed by atoms with E-state index in [-0.39, 0.29) is 17.1 Å². The summed E-state index contributed by atoms with van der Waals surface area (Å²) in [6, 6.07) is 15.3. The molecular weight excluding hydrogens is 434 g/mol. The molecule has 2 heterocycles. The van der Waals surface area contributed by atoms with Crippen LogP contribution in [0.5, 0.6) is 0 Å². The molecule has 0 unspecified atom stereocenters. The van der Waals surface area contributed by atoms with Gasteiger partial charge in [0.15, 0.2) is 10.9 Å². The molecule has 4 rings (SSSR count). The summed E-state index contributed by atoms with van der Waals surface area (Å²) in [4.78, 5) is 33.2. The predicted octanol–water partition coefficient (Wildman–Crippen LogP) is 4.05. The van der Waals surface area contributed by atoms with Gasteiger partial charge in [0.1, 0.15) is 0 Å². The molecule has 0 atom stereocenters. The first-order chi connectivity index (χ1) is 16.2. The van der Waals surface area contributed by atoms with Crippen molar-refractivity contribution in [3.8, 4) is 0 Å². The van der Waals surface area contributed by atoms with Crippen LogP contribution in [0.4, 0.5) is 0 Å². The van der Waals surface area contributed by atoms with Gasteiger partial charge in [-0.2, -0.15) is 0 Å². The Balaban J connectivity index is 1.49. The zero-order chi connectivity index (χ0) is 23.0. The maximum atomic E-state index is 13.2. The molecule has 7 heteroatoms. The van der Waals surface area contributed by atoms with Crippen molar-refractivity contribution in [3.05, 3.63) is 70.0 Å². The second-order valence-corrected chi connectivity index (χ2v) is 9.28. The van der Waals surface area contributed by atoms with Gasteiger partial charge >= 0.3 is 0 Å². The number of aromatic nitrogens is 2. The summed E-state index contributed by atoms with van der Waals surface area (Å²) in [5, 5.41) is 1.22. The van der Waals surface area contributed by atoms with Gasteiger partial charge in [-0.25, -0.2) is 4.98 Å². The van der Waals surface area contributed by atoms with Crippen LogP contribution in [-0.2, 0) is 17.7 Å².